The van der Waals surface area contributed by atoms with E-state index < -0.39 is 10.0 Å². The van der Waals surface area contributed by atoms with Gasteiger partial charge in [0, 0.05) is 41.6 Å². The quantitative estimate of drug-likeness (QED) is 0.868. The minimum absolute atomic E-state index is 0.266. The fourth-order valence-electron chi connectivity index (χ4n) is 2.24. The predicted molar refractivity (Wildman–Crippen MR) is 77.6 cm³/mol. The maximum absolute atomic E-state index is 12.5. The number of H-pyrrole nitrogens is 1. The number of hydrogen-bond acceptors (Lipinski definition) is 3. The largest absolute Gasteiger partial charge is 0.345 e. The second-order valence-corrected chi connectivity index (χ2v) is 7.34. The number of sulfonamides is 1. The Balaban J connectivity index is 2.02. The molecule has 2 aromatic rings. The Morgan fingerprint density at radius 1 is 1.16 bits per heavy atom. The lowest BCUT2D eigenvalue weighted by Crippen LogP contribution is -2.46. The molecule has 0 aliphatic carbocycles. The van der Waals surface area contributed by atoms with E-state index >= 15 is 0 Å². The van der Waals surface area contributed by atoms with Crippen LogP contribution in [0.25, 0.3) is 10.9 Å². The Hall–Kier alpha value is -0.890. The van der Waals surface area contributed by atoms with Crippen molar-refractivity contribution in [3.63, 3.8) is 0 Å². The number of aromatic amines is 1. The van der Waals surface area contributed by atoms with E-state index in [0.717, 1.165) is 15.4 Å². The minimum atomic E-state index is -3.41. The lowest BCUT2D eigenvalue weighted by Gasteiger charge is -2.25. The normalized spacial score (nSPS) is 17.9. The molecule has 19 heavy (non-hydrogen) atoms. The molecule has 0 spiro atoms. The average Bonchev–Trinajstić information content (AvgIpc) is 2.83. The highest BCUT2D eigenvalue weighted by Gasteiger charge is 2.27. The van der Waals surface area contributed by atoms with Gasteiger partial charge in [0.2, 0.25) is 0 Å². The van der Waals surface area contributed by atoms with Crippen LogP contribution < -0.4 is 5.32 Å². The molecule has 1 aliphatic rings. The molecule has 0 radical (unpaired) electrons. The van der Waals surface area contributed by atoms with Crippen LogP contribution in [-0.4, -0.2) is 43.9 Å². The van der Waals surface area contributed by atoms with Gasteiger partial charge >= 0.3 is 0 Å². The third-order valence-electron chi connectivity index (χ3n) is 3.25. The highest BCUT2D eigenvalue weighted by atomic mass is 79.9. The zero-order chi connectivity index (χ0) is 13.5. The van der Waals surface area contributed by atoms with Crippen molar-refractivity contribution in [3.8, 4) is 0 Å². The maximum atomic E-state index is 12.5. The number of nitrogens with one attached hydrogen (secondary N) is 2. The number of benzene rings is 1. The third kappa shape index (κ3) is 2.43. The molecule has 0 amide bonds. The van der Waals surface area contributed by atoms with E-state index in [1.807, 2.05) is 18.2 Å². The van der Waals surface area contributed by atoms with Crippen LogP contribution in [0, 0.1) is 0 Å². The summed E-state index contributed by atoms with van der Waals surface area (Å²) in [7, 11) is -3.41. The lowest BCUT2D eigenvalue weighted by molar-refractivity contribution is 0.359. The summed E-state index contributed by atoms with van der Waals surface area (Å²) in [6.07, 6.45) is 0. The van der Waals surface area contributed by atoms with E-state index in [1.54, 1.807) is 6.07 Å². The molecule has 1 aliphatic heterocycles. The van der Waals surface area contributed by atoms with Gasteiger partial charge in [0.05, 0.1) is 0 Å². The fraction of sp³-hybridized carbons (Fsp3) is 0.333. The molecule has 0 unspecified atom stereocenters. The van der Waals surface area contributed by atoms with Crippen LogP contribution in [0.2, 0.25) is 0 Å². The minimum Gasteiger partial charge on any atom is -0.345 e. The molecule has 2 N–H and O–H groups in total. The predicted octanol–water partition coefficient (Wildman–Crippen LogP) is 1.52. The van der Waals surface area contributed by atoms with Gasteiger partial charge in [-0.3, -0.25) is 0 Å². The van der Waals surface area contributed by atoms with Crippen molar-refractivity contribution in [2.75, 3.05) is 26.2 Å². The van der Waals surface area contributed by atoms with Crippen LogP contribution in [0.5, 0.6) is 0 Å². The topological polar surface area (TPSA) is 65.2 Å². The molecule has 3 rings (SSSR count). The van der Waals surface area contributed by atoms with E-state index in [2.05, 4.69) is 26.2 Å². The zero-order valence-corrected chi connectivity index (χ0v) is 12.6. The Labute approximate surface area is 120 Å². The average molecular weight is 344 g/mol. The van der Waals surface area contributed by atoms with E-state index in [0.29, 0.717) is 26.2 Å². The summed E-state index contributed by atoms with van der Waals surface area (Å²) >= 11 is 3.39. The van der Waals surface area contributed by atoms with Crippen LogP contribution in [-0.2, 0) is 10.0 Å². The van der Waals surface area contributed by atoms with Crippen LogP contribution in [0.15, 0.2) is 33.8 Å². The zero-order valence-electron chi connectivity index (χ0n) is 10.2. The van der Waals surface area contributed by atoms with Crippen molar-refractivity contribution in [2.24, 2.45) is 0 Å². The molecule has 1 aromatic carbocycles. The first-order valence-corrected chi connectivity index (χ1v) is 8.30. The van der Waals surface area contributed by atoms with Gasteiger partial charge in [-0.2, -0.15) is 4.31 Å². The monoisotopic (exact) mass is 343 g/mol. The molecular formula is C12H14BrN3O2S. The summed E-state index contributed by atoms with van der Waals surface area (Å²) in [5.74, 6) is 0. The van der Waals surface area contributed by atoms with Crippen LogP contribution in [0.3, 0.4) is 0 Å². The van der Waals surface area contributed by atoms with Crippen molar-refractivity contribution in [1.82, 2.24) is 14.6 Å². The summed E-state index contributed by atoms with van der Waals surface area (Å²) in [6.45, 7) is 2.43. The molecule has 102 valence electrons. The summed E-state index contributed by atoms with van der Waals surface area (Å²) in [5.41, 5.74) is 0.830. The van der Waals surface area contributed by atoms with Gasteiger partial charge in [-0.15, -0.1) is 0 Å². The van der Waals surface area contributed by atoms with Crippen LogP contribution in [0.4, 0.5) is 0 Å². The van der Waals surface area contributed by atoms with Gasteiger partial charge in [-0.05, 0) is 24.3 Å². The molecule has 1 aromatic heterocycles. The summed E-state index contributed by atoms with van der Waals surface area (Å²) in [6, 6.07) is 7.36. The SMILES string of the molecule is O=S(=O)(c1cc2cc(Br)ccc2[nH]1)N1CCNCC1. The Morgan fingerprint density at radius 3 is 2.63 bits per heavy atom. The van der Waals surface area contributed by atoms with Crippen molar-refractivity contribution in [2.45, 2.75) is 5.03 Å². The number of nitrogens with zero attached hydrogens (tertiary/aromatic N) is 1. The van der Waals surface area contributed by atoms with Crippen LogP contribution >= 0.6 is 15.9 Å². The Bertz CT molecular complexity index is 705. The smallest absolute Gasteiger partial charge is 0.258 e. The first kappa shape index (κ1) is 13.1. The molecule has 0 saturated carbocycles. The molecular weight excluding hydrogens is 330 g/mol. The van der Waals surface area contributed by atoms with Gasteiger partial charge in [-0.25, -0.2) is 8.42 Å². The van der Waals surface area contributed by atoms with Crippen LogP contribution in [0.1, 0.15) is 0 Å². The summed E-state index contributed by atoms with van der Waals surface area (Å²) in [4.78, 5) is 2.99. The lowest BCUT2D eigenvalue weighted by atomic mass is 10.3. The molecule has 0 atom stereocenters. The van der Waals surface area contributed by atoms with Gasteiger partial charge in [-0.1, -0.05) is 15.9 Å². The molecule has 5 nitrogen and oxygen atoms in total. The maximum Gasteiger partial charge on any atom is 0.258 e. The molecule has 1 saturated heterocycles. The van der Waals surface area contributed by atoms with Crippen molar-refractivity contribution in [1.29, 1.82) is 0 Å². The van der Waals surface area contributed by atoms with Gasteiger partial charge in [0.1, 0.15) is 5.03 Å². The van der Waals surface area contributed by atoms with Gasteiger partial charge < -0.3 is 10.3 Å². The van der Waals surface area contributed by atoms with Gasteiger partial charge in [0.25, 0.3) is 10.0 Å². The molecule has 1 fully saturated rings. The standard InChI is InChI=1S/C12H14BrN3O2S/c13-10-1-2-11-9(7-10)8-12(15-11)19(17,18)16-5-3-14-4-6-16/h1-2,7-8,14-15H,3-6H2. The second kappa shape index (κ2) is 4.90. The highest BCUT2D eigenvalue weighted by molar-refractivity contribution is 9.10. The van der Waals surface area contributed by atoms with Crippen molar-refractivity contribution >= 4 is 36.9 Å². The fourth-order valence-corrected chi connectivity index (χ4v) is 4.07. The van der Waals surface area contributed by atoms with E-state index in [1.165, 1.54) is 4.31 Å². The molecule has 2 heterocycles. The number of piperazine rings is 1. The molecule has 0 bridgehead atoms. The van der Waals surface area contributed by atoms with Crippen molar-refractivity contribution < 1.29 is 8.42 Å². The first-order valence-electron chi connectivity index (χ1n) is 6.06. The number of fused-ring (bicyclic) bond motifs is 1. The van der Waals surface area contributed by atoms with Crippen molar-refractivity contribution in [3.05, 3.63) is 28.7 Å². The third-order valence-corrected chi connectivity index (χ3v) is 5.57. The number of hydrogen-bond donors (Lipinski definition) is 2. The number of rotatable bonds is 2. The summed E-state index contributed by atoms with van der Waals surface area (Å²) < 4.78 is 27.4. The van der Waals surface area contributed by atoms with E-state index in [4.69, 9.17) is 0 Å². The van der Waals surface area contributed by atoms with E-state index in [9.17, 15) is 8.42 Å². The Kier molecular flexibility index (Phi) is 3.38. The molecule has 7 heteroatoms. The first-order chi connectivity index (χ1) is 9.07. The Morgan fingerprint density at radius 2 is 1.89 bits per heavy atom. The second-order valence-electron chi connectivity index (χ2n) is 4.52. The number of halogens is 1. The summed E-state index contributed by atoms with van der Waals surface area (Å²) in [5, 5.41) is 4.31. The number of aromatic nitrogens is 1. The van der Waals surface area contributed by atoms with E-state index in [-0.39, 0.29) is 5.03 Å². The van der Waals surface area contributed by atoms with Gasteiger partial charge in [0.15, 0.2) is 0 Å². The highest BCUT2D eigenvalue weighted by Crippen LogP contribution is 2.24.